The van der Waals surface area contributed by atoms with Gasteiger partial charge in [0.15, 0.2) is 16.6 Å². The van der Waals surface area contributed by atoms with Gasteiger partial charge in [-0.1, -0.05) is 56.6 Å². The van der Waals surface area contributed by atoms with Gasteiger partial charge in [0.2, 0.25) is 0 Å². The molecule has 10 heteroatoms. The summed E-state index contributed by atoms with van der Waals surface area (Å²) in [6.45, 7) is 5.99. The summed E-state index contributed by atoms with van der Waals surface area (Å²) in [4.78, 5) is 11.9. The van der Waals surface area contributed by atoms with Crippen molar-refractivity contribution in [1.82, 2.24) is 10.2 Å². The third kappa shape index (κ3) is 5.14. The number of thioether (sulfide) groups is 1. The van der Waals surface area contributed by atoms with Crippen LogP contribution in [0.1, 0.15) is 43.2 Å². The fourth-order valence-corrected chi connectivity index (χ4v) is 2.86. The van der Waals surface area contributed by atoms with Crippen molar-refractivity contribution in [2.75, 3.05) is 6.26 Å². The molecule has 0 fully saturated rings. The minimum Gasteiger partial charge on any atom is -0.416 e. The van der Waals surface area contributed by atoms with Crippen LogP contribution in [-0.4, -0.2) is 21.8 Å². The van der Waals surface area contributed by atoms with Crippen LogP contribution in [0.5, 0.6) is 0 Å². The largest absolute Gasteiger partial charge is 0.433 e. The molecular weight excluding hydrogens is 427 g/mol. The van der Waals surface area contributed by atoms with Crippen LogP contribution in [0.15, 0.2) is 24.3 Å². The summed E-state index contributed by atoms with van der Waals surface area (Å²) >= 11 is 6.50. The highest BCUT2D eigenvalue weighted by Gasteiger charge is 2.40. The fourth-order valence-electron chi connectivity index (χ4n) is 2.47. The second-order valence-electron chi connectivity index (χ2n) is 6.96. The Labute approximate surface area is 174 Å². The first-order valence-electron chi connectivity index (χ1n) is 8.22. The lowest BCUT2D eigenvalue weighted by Gasteiger charge is -2.19. The Kier molecular flexibility index (Phi) is 6.71. The number of carbonyl (C=O) groups is 1. The Balaban J connectivity index is 2.77. The van der Waals surface area contributed by atoms with E-state index in [1.165, 1.54) is 6.26 Å². The van der Waals surface area contributed by atoms with Crippen LogP contribution in [0.25, 0.3) is 11.3 Å². The summed E-state index contributed by atoms with van der Waals surface area (Å²) in [6, 6.07) is 8.48. The highest BCUT2D eigenvalue weighted by Crippen LogP contribution is 2.40. The molecule has 1 N–H and O–H groups in total. The number of allylic oxidation sites excluding steroid dienone is 1. The van der Waals surface area contributed by atoms with Crippen LogP contribution in [0, 0.1) is 11.3 Å². The number of aromatic amines is 1. The van der Waals surface area contributed by atoms with Crippen molar-refractivity contribution in [3.05, 3.63) is 51.8 Å². The Morgan fingerprint density at radius 2 is 1.83 bits per heavy atom. The molecule has 0 radical (unpaired) electrons. The molecule has 0 saturated carbocycles. The van der Waals surface area contributed by atoms with E-state index in [9.17, 15) is 23.2 Å². The summed E-state index contributed by atoms with van der Waals surface area (Å²) in [5.41, 5.74) is -1.22. The van der Waals surface area contributed by atoms with Gasteiger partial charge in [-0.2, -0.15) is 23.5 Å². The molecule has 1 heterocycles. The van der Waals surface area contributed by atoms with Gasteiger partial charge in [0.1, 0.15) is 11.6 Å². The van der Waals surface area contributed by atoms with Crippen molar-refractivity contribution in [2.45, 2.75) is 32.4 Å². The number of carbonyl (C=O) groups excluding carboxylic acids is 1. The molecular formula is C19H17ClF3N3O2S. The highest BCUT2D eigenvalue weighted by atomic mass is 35.5. The van der Waals surface area contributed by atoms with E-state index in [2.05, 4.69) is 5.10 Å². The quantitative estimate of drug-likeness (QED) is 0.343. The van der Waals surface area contributed by atoms with E-state index in [-0.39, 0.29) is 16.6 Å². The van der Waals surface area contributed by atoms with E-state index in [4.69, 9.17) is 16.3 Å². The summed E-state index contributed by atoms with van der Waals surface area (Å²) in [7, 11) is 0. The molecule has 1 aromatic heterocycles. The van der Waals surface area contributed by atoms with Crippen molar-refractivity contribution in [3.8, 4) is 6.07 Å². The minimum absolute atomic E-state index is 0.166. The zero-order chi connectivity index (χ0) is 22.0. The number of nitriles is 1. The van der Waals surface area contributed by atoms with Gasteiger partial charge in [-0.05, 0) is 34.6 Å². The molecule has 0 atom stereocenters. The third-order valence-electron chi connectivity index (χ3n) is 3.96. The van der Waals surface area contributed by atoms with E-state index in [0.29, 0.717) is 11.8 Å². The monoisotopic (exact) mass is 443 g/mol. The lowest BCUT2D eigenvalue weighted by molar-refractivity contribution is -0.141. The standard InChI is InChI=1S/C19H17ClF3N3O2S/c1-18(2,3)11-7-5-10(6-8-11)12(9-24)14(28-17(27)29-4)13-15(19(21,22)23)25-26-16(13)20/h5-8H,1-4H3,(H,25,26)/b14-12-. The predicted molar refractivity (Wildman–Crippen MR) is 106 cm³/mol. The number of hydrogen-bond acceptors (Lipinski definition) is 5. The summed E-state index contributed by atoms with van der Waals surface area (Å²) in [5, 5.41) is 13.4. The molecule has 0 bridgehead atoms. The summed E-state index contributed by atoms with van der Waals surface area (Å²) < 4.78 is 45.3. The number of ether oxygens (including phenoxy) is 1. The predicted octanol–water partition coefficient (Wildman–Crippen LogP) is 6.27. The van der Waals surface area contributed by atoms with Crippen LogP contribution in [0.2, 0.25) is 5.15 Å². The maximum Gasteiger partial charge on any atom is 0.433 e. The second kappa shape index (κ2) is 8.51. The molecule has 0 unspecified atom stereocenters. The van der Waals surface area contributed by atoms with Crippen molar-refractivity contribution in [3.63, 3.8) is 0 Å². The molecule has 29 heavy (non-hydrogen) atoms. The van der Waals surface area contributed by atoms with E-state index in [1.54, 1.807) is 29.4 Å². The Hall–Kier alpha value is -2.44. The lowest BCUT2D eigenvalue weighted by atomic mass is 9.86. The van der Waals surface area contributed by atoms with E-state index in [0.717, 1.165) is 5.56 Å². The molecule has 0 aliphatic rings. The first kappa shape index (κ1) is 22.8. The summed E-state index contributed by atoms with van der Waals surface area (Å²) in [5.74, 6) is -0.610. The number of H-pyrrole nitrogens is 1. The van der Waals surface area contributed by atoms with Crippen molar-refractivity contribution < 1.29 is 22.7 Å². The molecule has 2 rings (SSSR count). The topological polar surface area (TPSA) is 78.8 Å². The maximum absolute atomic E-state index is 13.4. The Bertz CT molecular complexity index is 984. The van der Waals surface area contributed by atoms with Crippen LogP contribution in [0.3, 0.4) is 0 Å². The molecule has 0 aliphatic heterocycles. The first-order chi connectivity index (χ1) is 13.4. The number of aromatic nitrogens is 2. The van der Waals surface area contributed by atoms with E-state index < -0.39 is 33.6 Å². The zero-order valence-corrected chi connectivity index (χ0v) is 17.5. The number of halogens is 4. The number of nitrogens with one attached hydrogen (secondary N) is 1. The molecule has 1 aromatic carbocycles. The fraction of sp³-hybridized carbons (Fsp3) is 0.316. The zero-order valence-electron chi connectivity index (χ0n) is 15.9. The average Bonchev–Trinajstić information content (AvgIpc) is 3.02. The minimum atomic E-state index is -4.86. The van der Waals surface area contributed by atoms with Gasteiger partial charge in [-0.3, -0.25) is 5.10 Å². The van der Waals surface area contributed by atoms with E-state index >= 15 is 0 Å². The van der Waals surface area contributed by atoms with Gasteiger partial charge in [-0.15, -0.1) is 0 Å². The van der Waals surface area contributed by atoms with Crippen LogP contribution < -0.4 is 0 Å². The molecule has 0 aliphatic carbocycles. The smallest absolute Gasteiger partial charge is 0.416 e. The van der Waals surface area contributed by atoms with Gasteiger partial charge in [0, 0.05) is 0 Å². The van der Waals surface area contributed by atoms with Gasteiger partial charge in [-0.25, -0.2) is 4.79 Å². The number of hydrogen-bond donors (Lipinski definition) is 1. The number of nitrogens with zero attached hydrogens (tertiary/aromatic N) is 2. The molecule has 5 nitrogen and oxygen atoms in total. The van der Waals surface area contributed by atoms with Crippen LogP contribution in [0.4, 0.5) is 18.0 Å². The van der Waals surface area contributed by atoms with Crippen molar-refractivity contribution in [2.24, 2.45) is 0 Å². The number of rotatable bonds is 3. The molecule has 2 aromatic rings. The van der Waals surface area contributed by atoms with Gasteiger partial charge in [0.05, 0.1) is 5.56 Å². The van der Waals surface area contributed by atoms with Gasteiger partial charge >= 0.3 is 11.5 Å². The normalized spacial score (nSPS) is 12.9. The highest BCUT2D eigenvalue weighted by molar-refractivity contribution is 8.12. The van der Waals surface area contributed by atoms with Crippen molar-refractivity contribution >= 4 is 40.0 Å². The Morgan fingerprint density at radius 3 is 2.28 bits per heavy atom. The summed E-state index contributed by atoms with van der Waals surface area (Å²) in [6.07, 6.45) is -3.46. The maximum atomic E-state index is 13.4. The Morgan fingerprint density at radius 1 is 1.24 bits per heavy atom. The number of benzene rings is 1. The second-order valence-corrected chi connectivity index (χ2v) is 8.06. The molecule has 154 valence electrons. The molecule has 0 amide bonds. The van der Waals surface area contributed by atoms with Crippen LogP contribution >= 0.6 is 23.4 Å². The average molecular weight is 444 g/mol. The van der Waals surface area contributed by atoms with E-state index in [1.807, 2.05) is 26.8 Å². The third-order valence-corrected chi connectivity index (χ3v) is 4.65. The SMILES string of the molecule is CSC(=O)O/C(=C(/C#N)c1ccc(C(C)(C)C)cc1)c1c(Cl)n[nH]c1C(F)(F)F. The van der Waals surface area contributed by atoms with Crippen molar-refractivity contribution in [1.29, 1.82) is 5.26 Å². The first-order valence-corrected chi connectivity index (χ1v) is 9.83. The van der Waals surface area contributed by atoms with Gasteiger partial charge < -0.3 is 4.74 Å². The molecule has 0 saturated heterocycles. The van der Waals surface area contributed by atoms with Crippen LogP contribution in [-0.2, 0) is 16.3 Å². The lowest BCUT2D eigenvalue weighted by Crippen LogP contribution is -2.12. The van der Waals surface area contributed by atoms with Gasteiger partial charge in [0.25, 0.3) is 0 Å². The number of alkyl halides is 3. The molecule has 0 spiro atoms.